The molecule has 19 heavy (non-hydrogen) atoms. The Labute approximate surface area is 120 Å². The standard InChI is InChI=1S/C12H23N3O2S2/c1-9(2)15-8-12(5-11(15)6-13)19(16,17)14-7-10(3)18-4/h5,8-10,14H,6-7,13H2,1-4H3. The third-order valence-electron chi connectivity index (χ3n) is 2.95. The van der Waals surface area contributed by atoms with Crippen molar-refractivity contribution in [3.8, 4) is 0 Å². The molecule has 1 unspecified atom stereocenters. The summed E-state index contributed by atoms with van der Waals surface area (Å²) in [6, 6.07) is 1.83. The van der Waals surface area contributed by atoms with Crippen molar-refractivity contribution in [1.29, 1.82) is 0 Å². The van der Waals surface area contributed by atoms with Crippen LogP contribution in [0.5, 0.6) is 0 Å². The highest BCUT2D eigenvalue weighted by atomic mass is 32.2. The van der Waals surface area contributed by atoms with Gasteiger partial charge in [0.1, 0.15) is 0 Å². The molecule has 0 aliphatic heterocycles. The molecule has 0 radical (unpaired) electrons. The molecule has 0 aliphatic carbocycles. The second-order valence-corrected chi connectivity index (χ2v) is 7.81. The van der Waals surface area contributed by atoms with Crippen molar-refractivity contribution in [2.24, 2.45) is 5.73 Å². The first-order chi connectivity index (χ1) is 8.81. The van der Waals surface area contributed by atoms with Crippen molar-refractivity contribution < 1.29 is 8.42 Å². The Hall–Kier alpha value is -0.500. The molecule has 1 heterocycles. The molecule has 5 nitrogen and oxygen atoms in total. The zero-order chi connectivity index (χ0) is 14.6. The molecule has 0 aliphatic rings. The minimum Gasteiger partial charge on any atom is -0.346 e. The van der Waals surface area contributed by atoms with Crippen LogP contribution in [-0.4, -0.2) is 31.0 Å². The maximum Gasteiger partial charge on any atom is 0.242 e. The highest BCUT2D eigenvalue weighted by Crippen LogP contribution is 2.18. The molecule has 1 aromatic rings. The molecular weight excluding hydrogens is 282 g/mol. The van der Waals surface area contributed by atoms with Gasteiger partial charge in [0.05, 0.1) is 4.90 Å². The van der Waals surface area contributed by atoms with Gasteiger partial charge in [-0.15, -0.1) is 0 Å². The minimum atomic E-state index is -3.45. The van der Waals surface area contributed by atoms with Gasteiger partial charge in [-0.25, -0.2) is 13.1 Å². The van der Waals surface area contributed by atoms with Gasteiger partial charge < -0.3 is 10.3 Å². The van der Waals surface area contributed by atoms with E-state index in [2.05, 4.69) is 4.72 Å². The van der Waals surface area contributed by atoms with Gasteiger partial charge in [-0.1, -0.05) is 6.92 Å². The summed E-state index contributed by atoms with van der Waals surface area (Å²) in [5.74, 6) is 0. The van der Waals surface area contributed by atoms with Crippen LogP contribution in [0, 0.1) is 0 Å². The van der Waals surface area contributed by atoms with Gasteiger partial charge in [0.2, 0.25) is 10.0 Å². The molecule has 0 saturated heterocycles. The van der Waals surface area contributed by atoms with Gasteiger partial charge in [-0.05, 0) is 26.2 Å². The van der Waals surface area contributed by atoms with Gasteiger partial charge in [0.15, 0.2) is 0 Å². The van der Waals surface area contributed by atoms with Crippen LogP contribution in [-0.2, 0) is 16.6 Å². The summed E-state index contributed by atoms with van der Waals surface area (Å²) in [6.45, 7) is 6.73. The summed E-state index contributed by atoms with van der Waals surface area (Å²) in [4.78, 5) is 0.287. The molecule has 7 heteroatoms. The summed E-state index contributed by atoms with van der Waals surface area (Å²) in [5, 5.41) is 0.246. The largest absolute Gasteiger partial charge is 0.346 e. The van der Waals surface area contributed by atoms with Crippen LogP contribution in [0.2, 0.25) is 0 Å². The number of aromatic nitrogens is 1. The highest BCUT2D eigenvalue weighted by Gasteiger charge is 2.19. The molecular formula is C12H23N3O2S2. The second kappa shape index (κ2) is 6.78. The van der Waals surface area contributed by atoms with Crippen molar-refractivity contribution in [1.82, 2.24) is 9.29 Å². The number of nitrogens with one attached hydrogen (secondary N) is 1. The summed E-state index contributed by atoms with van der Waals surface area (Å²) in [5.41, 5.74) is 6.48. The SMILES string of the molecule is CSC(C)CNS(=O)(=O)c1cc(CN)n(C(C)C)c1. The Kier molecular flexibility index (Phi) is 5.91. The number of sulfonamides is 1. The Morgan fingerprint density at radius 2 is 2.05 bits per heavy atom. The predicted molar refractivity (Wildman–Crippen MR) is 80.9 cm³/mol. The van der Waals surface area contributed by atoms with Gasteiger partial charge in [-0.2, -0.15) is 11.8 Å². The number of thioether (sulfide) groups is 1. The van der Waals surface area contributed by atoms with E-state index in [9.17, 15) is 8.42 Å². The lowest BCUT2D eigenvalue weighted by Crippen LogP contribution is -2.29. The molecule has 1 rings (SSSR count). The second-order valence-electron chi connectivity index (χ2n) is 4.77. The maximum absolute atomic E-state index is 12.2. The average Bonchev–Trinajstić information content (AvgIpc) is 2.81. The van der Waals surface area contributed by atoms with Gasteiger partial charge in [-0.3, -0.25) is 0 Å². The first-order valence-corrected chi connectivity index (χ1v) is 9.02. The Morgan fingerprint density at radius 1 is 1.42 bits per heavy atom. The Bertz CT molecular complexity index is 509. The lowest BCUT2D eigenvalue weighted by atomic mass is 10.3. The fourth-order valence-electron chi connectivity index (χ4n) is 1.68. The lowest BCUT2D eigenvalue weighted by molar-refractivity contribution is 0.569. The van der Waals surface area contributed by atoms with Gasteiger partial charge in [0, 0.05) is 36.3 Å². The van der Waals surface area contributed by atoms with Crippen LogP contribution in [0.1, 0.15) is 32.5 Å². The van der Waals surface area contributed by atoms with Crippen LogP contribution >= 0.6 is 11.8 Å². The summed E-state index contributed by atoms with van der Waals surface area (Å²) in [6.07, 6.45) is 3.61. The normalized spacial score (nSPS) is 14.0. The van der Waals surface area contributed by atoms with E-state index in [0.717, 1.165) is 5.69 Å². The first-order valence-electron chi connectivity index (χ1n) is 6.25. The molecule has 0 aromatic carbocycles. The Balaban J connectivity index is 2.95. The quantitative estimate of drug-likeness (QED) is 0.801. The van der Waals surface area contributed by atoms with E-state index in [1.54, 1.807) is 24.0 Å². The van der Waals surface area contributed by atoms with E-state index < -0.39 is 10.0 Å². The summed E-state index contributed by atoms with van der Waals surface area (Å²) in [7, 11) is -3.45. The molecule has 1 aromatic heterocycles. The molecule has 0 fully saturated rings. The molecule has 110 valence electrons. The van der Waals surface area contributed by atoms with Crippen LogP contribution < -0.4 is 10.5 Å². The Morgan fingerprint density at radius 3 is 2.47 bits per heavy atom. The van der Waals surface area contributed by atoms with Crippen molar-refractivity contribution in [3.63, 3.8) is 0 Å². The number of rotatable bonds is 7. The fraction of sp³-hybridized carbons (Fsp3) is 0.667. The van der Waals surface area contributed by atoms with Gasteiger partial charge in [0.25, 0.3) is 0 Å². The monoisotopic (exact) mass is 305 g/mol. The molecule has 0 spiro atoms. The van der Waals surface area contributed by atoms with E-state index >= 15 is 0 Å². The van der Waals surface area contributed by atoms with Gasteiger partial charge >= 0.3 is 0 Å². The summed E-state index contributed by atoms with van der Waals surface area (Å²) < 4.78 is 28.9. The number of hydrogen-bond donors (Lipinski definition) is 2. The third kappa shape index (κ3) is 4.24. The van der Waals surface area contributed by atoms with E-state index in [1.807, 2.05) is 31.6 Å². The van der Waals surface area contributed by atoms with Crippen LogP contribution in [0.4, 0.5) is 0 Å². The van der Waals surface area contributed by atoms with Crippen LogP contribution in [0.15, 0.2) is 17.2 Å². The zero-order valence-corrected chi connectivity index (χ0v) is 13.5. The molecule has 0 saturated carbocycles. The van der Waals surface area contributed by atoms with E-state index in [4.69, 9.17) is 5.73 Å². The van der Waals surface area contributed by atoms with Crippen molar-refractivity contribution in [3.05, 3.63) is 18.0 Å². The maximum atomic E-state index is 12.2. The highest BCUT2D eigenvalue weighted by molar-refractivity contribution is 7.99. The minimum absolute atomic E-state index is 0.188. The number of nitrogens with two attached hydrogens (primary N) is 1. The number of hydrogen-bond acceptors (Lipinski definition) is 4. The first kappa shape index (κ1) is 16.6. The van der Waals surface area contributed by atoms with E-state index in [0.29, 0.717) is 13.1 Å². The smallest absolute Gasteiger partial charge is 0.242 e. The lowest BCUT2D eigenvalue weighted by Gasteiger charge is -2.11. The predicted octanol–water partition coefficient (Wildman–Crippen LogP) is 1.56. The average molecular weight is 305 g/mol. The van der Waals surface area contributed by atoms with Crippen molar-refractivity contribution in [2.75, 3.05) is 12.8 Å². The molecule has 0 bridgehead atoms. The molecule has 3 N–H and O–H groups in total. The van der Waals surface area contributed by atoms with E-state index in [-0.39, 0.29) is 16.2 Å². The number of nitrogens with zero attached hydrogens (tertiary/aromatic N) is 1. The van der Waals surface area contributed by atoms with Crippen LogP contribution in [0.3, 0.4) is 0 Å². The molecule has 1 atom stereocenters. The van der Waals surface area contributed by atoms with Crippen LogP contribution in [0.25, 0.3) is 0 Å². The van der Waals surface area contributed by atoms with Crippen molar-refractivity contribution in [2.45, 2.75) is 43.5 Å². The van der Waals surface area contributed by atoms with Crippen molar-refractivity contribution >= 4 is 21.8 Å². The third-order valence-corrected chi connectivity index (χ3v) is 5.31. The zero-order valence-electron chi connectivity index (χ0n) is 11.9. The molecule has 0 amide bonds. The topological polar surface area (TPSA) is 77.1 Å². The summed E-state index contributed by atoms with van der Waals surface area (Å²) >= 11 is 1.63. The fourth-order valence-corrected chi connectivity index (χ4v) is 3.22. The van der Waals surface area contributed by atoms with E-state index in [1.165, 1.54) is 0 Å².